The maximum Gasteiger partial charge on any atom is 0.0154 e. The molecule has 1 aliphatic carbocycles. The molecule has 0 atom stereocenters. The van der Waals surface area contributed by atoms with Crippen LogP contribution in [-0.2, 0) is 0 Å². The molecule has 1 aliphatic rings. The van der Waals surface area contributed by atoms with Gasteiger partial charge in [-0.25, -0.2) is 0 Å². The topological polar surface area (TPSA) is 12.0 Å². The molecule has 0 aliphatic heterocycles. The van der Waals surface area contributed by atoms with Crippen LogP contribution in [0, 0.1) is 0 Å². The Bertz CT molecular complexity index is 172. The van der Waals surface area contributed by atoms with E-state index >= 15 is 0 Å². The molecule has 0 heterocycles. The van der Waals surface area contributed by atoms with Crippen LogP contribution in [0.25, 0.3) is 0 Å². The van der Waals surface area contributed by atoms with Crippen molar-refractivity contribution < 1.29 is 0 Å². The zero-order valence-corrected chi connectivity index (χ0v) is 12.2. The Morgan fingerprint density at radius 1 is 0.765 bits per heavy atom. The highest BCUT2D eigenvalue weighted by Crippen LogP contribution is 2.34. The van der Waals surface area contributed by atoms with E-state index < -0.39 is 0 Å². The molecule has 0 amide bonds. The predicted molar refractivity (Wildman–Crippen MR) is 77.5 cm³/mol. The van der Waals surface area contributed by atoms with E-state index in [1.165, 1.54) is 83.6 Å². The highest BCUT2D eigenvalue weighted by atomic mass is 15.0. The van der Waals surface area contributed by atoms with Crippen LogP contribution in [-0.4, -0.2) is 12.1 Å². The molecule has 0 aromatic carbocycles. The second kappa shape index (κ2) is 8.97. The SMILES string of the molecule is CCCCCCCCCCCCNC1(C)CC1. The zero-order chi connectivity index (χ0) is 12.4. The maximum absolute atomic E-state index is 3.66. The molecular weight excluding hydrogens is 206 g/mol. The minimum atomic E-state index is 0.541. The summed E-state index contributed by atoms with van der Waals surface area (Å²) in [5.41, 5.74) is 0.541. The van der Waals surface area contributed by atoms with Gasteiger partial charge in [0, 0.05) is 5.54 Å². The van der Waals surface area contributed by atoms with Crippen molar-refractivity contribution in [2.45, 2.75) is 96.4 Å². The van der Waals surface area contributed by atoms with Crippen LogP contribution in [0.4, 0.5) is 0 Å². The summed E-state index contributed by atoms with van der Waals surface area (Å²) in [5, 5.41) is 3.66. The van der Waals surface area contributed by atoms with Crippen molar-refractivity contribution in [1.82, 2.24) is 5.32 Å². The first-order valence-electron chi connectivity index (χ1n) is 8.02. The second-order valence-electron chi connectivity index (χ2n) is 6.17. The smallest absolute Gasteiger partial charge is 0.0154 e. The monoisotopic (exact) mass is 239 g/mol. The zero-order valence-electron chi connectivity index (χ0n) is 12.2. The normalized spacial score (nSPS) is 17.3. The molecule has 1 nitrogen and oxygen atoms in total. The van der Waals surface area contributed by atoms with Gasteiger partial charge in [-0.2, -0.15) is 0 Å². The summed E-state index contributed by atoms with van der Waals surface area (Å²) in [5.74, 6) is 0. The van der Waals surface area contributed by atoms with E-state index in [1.54, 1.807) is 0 Å². The van der Waals surface area contributed by atoms with Crippen LogP contribution in [0.15, 0.2) is 0 Å². The number of nitrogens with one attached hydrogen (secondary N) is 1. The quantitative estimate of drug-likeness (QED) is 0.470. The summed E-state index contributed by atoms with van der Waals surface area (Å²) in [4.78, 5) is 0. The Morgan fingerprint density at radius 2 is 1.24 bits per heavy atom. The van der Waals surface area contributed by atoms with Gasteiger partial charge in [0.05, 0.1) is 0 Å². The molecule has 102 valence electrons. The van der Waals surface area contributed by atoms with Crippen molar-refractivity contribution in [3.05, 3.63) is 0 Å². The number of hydrogen-bond donors (Lipinski definition) is 1. The Morgan fingerprint density at radius 3 is 1.71 bits per heavy atom. The van der Waals surface area contributed by atoms with E-state index in [0.29, 0.717) is 5.54 Å². The number of hydrogen-bond acceptors (Lipinski definition) is 1. The summed E-state index contributed by atoms with van der Waals surface area (Å²) in [6.45, 7) is 5.88. The van der Waals surface area contributed by atoms with Gasteiger partial charge >= 0.3 is 0 Å². The van der Waals surface area contributed by atoms with Gasteiger partial charge in [0.25, 0.3) is 0 Å². The van der Waals surface area contributed by atoms with Crippen molar-refractivity contribution in [3.63, 3.8) is 0 Å². The van der Waals surface area contributed by atoms with Gasteiger partial charge in [0.15, 0.2) is 0 Å². The third-order valence-corrected chi connectivity index (χ3v) is 4.08. The fourth-order valence-corrected chi connectivity index (χ4v) is 2.37. The summed E-state index contributed by atoms with van der Waals surface area (Å²) in [6, 6.07) is 0. The third-order valence-electron chi connectivity index (χ3n) is 4.08. The summed E-state index contributed by atoms with van der Waals surface area (Å²) in [6.07, 6.45) is 17.2. The first kappa shape index (κ1) is 15.0. The Balaban J connectivity index is 1.67. The fourth-order valence-electron chi connectivity index (χ4n) is 2.37. The van der Waals surface area contributed by atoms with Crippen LogP contribution in [0.1, 0.15) is 90.9 Å². The van der Waals surface area contributed by atoms with Crippen molar-refractivity contribution in [2.24, 2.45) is 0 Å². The molecule has 0 saturated heterocycles. The average molecular weight is 239 g/mol. The average Bonchev–Trinajstić information content (AvgIpc) is 3.05. The molecule has 0 spiro atoms. The van der Waals surface area contributed by atoms with Crippen LogP contribution in [0.5, 0.6) is 0 Å². The molecule has 0 aromatic heterocycles. The molecule has 17 heavy (non-hydrogen) atoms. The summed E-state index contributed by atoms with van der Waals surface area (Å²) < 4.78 is 0. The van der Waals surface area contributed by atoms with Gasteiger partial charge in [0.1, 0.15) is 0 Å². The molecule has 1 N–H and O–H groups in total. The van der Waals surface area contributed by atoms with Crippen LogP contribution >= 0.6 is 0 Å². The van der Waals surface area contributed by atoms with E-state index in [9.17, 15) is 0 Å². The van der Waals surface area contributed by atoms with Crippen LogP contribution in [0.2, 0.25) is 0 Å². The lowest BCUT2D eigenvalue weighted by molar-refractivity contribution is 0.499. The lowest BCUT2D eigenvalue weighted by Crippen LogP contribution is -2.28. The summed E-state index contributed by atoms with van der Waals surface area (Å²) in [7, 11) is 0. The van der Waals surface area contributed by atoms with E-state index in [-0.39, 0.29) is 0 Å². The molecule has 1 saturated carbocycles. The van der Waals surface area contributed by atoms with E-state index in [4.69, 9.17) is 0 Å². The molecule has 0 unspecified atom stereocenters. The number of rotatable bonds is 12. The van der Waals surface area contributed by atoms with Crippen molar-refractivity contribution in [1.29, 1.82) is 0 Å². The predicted octanol–water partition coefficient (Wildman–Crippen LogP) is 5.05. The number of unbranched alkanes of at least 4 members (excludes halogenated alkanes) is 9. The van der Waals surface area contributed by atoms with Gasteiger partial charge in [-0.05, 0) is 32.7 Å². The lowest BCUT2D eigenvalue weighted by Gasteiger charge is -2.10. The second-order valence-corrected chi connectivity index (χ2v) is 6.17. The van der Waals surface area contributed by atoms with Gasteiger partial charge in [-0.3, -0.25) is 0 Å². The van der Waals surface area contributed by atoms with E-state index in [2.05, 4.69) is 19.2 Å². The van der Waals surface area contributed by atoms with Crippen molar-refractivity contribution >= 4 is 0 Å². The minimum Gasteiger partial charge on any atom is -0.312 e. The molecule has 1 fully saturated rings. The first-order chi connectivity index (χ1) is 8.27. The first-order valence-corrected chi connectivity index (χ1v) is 8.02. The van der Waals surface area contributed by atoms with Crippen molar-refractivity contribution in [3.8, 4) is 0 Å². The Kier molecular flexibility index (Phi) is 7.92. The molecule has 1 heteroatoms. The Hall–Kier alpha value is -0.0400. The molecular formula is C16H33N. The molecule has 0 bridgehead atoms. The van der Waals surface area contributed by atoms with Gasteiger partial charge in [0.2, 0.25) is 0 Å². The molecule has 0 radical (unpaired) electrons. The Labute approximate surface area is 109 Å². The van der Waals surface area contributed by atoms with E-state index in [1.807, 2.05) is 0 Å². The lowest BCUT2D eigenvalue weighted by atomic mass is 10.1. The molecule has 1 rings (SSSR count). The van der Waals surface area contributed by atoms with Gasteiger partial charge in [-0.1, -0.05) is 64.7 Å². The maximum atomic E-state index is 3.66. The third kappa shape index (κ3) is 8.65. The standard InChI is InChI=1S/C16H33N/c1-3-4-5-6-7-8-9-10-11-12-15-17-16(2)13-14-16/h17H,3-15H2,1-2H3. The highest BCUT2D eigenvalue weighted by molar-refractivity contribution is 4.97. The van der Waals surface area contributed by atoms with Gasteiger partial charge < -0.3 is 5.32 Å². The van der Waals surface area contributed by atoms with Crippen LogP contribution in [0.3, 0.4) is 0 Å². The van der Waals surface area contributed by atoms with E-state index in [0.717, 1.165) is 0 Å². The van der Waals surface area contributed by atoms with Crippen molar-refractivity contribution in [2.75, 3.05) is 6.54 Å². The summed E-state index contributed by atoms with van der Waals surface area (Å²) >= 11 is 0. The van der Waals surface area contributed by atoms with Gasteiger partial charge in [-0.15, -0.1) is 0 Å². The minimum absolute atomic E-state index is 0.541. The fraction of sp³-hybridized carbons (Fsp3) is 1.00. The highest BCUT2D eigenvalue weighted by Gasteiger charge is 2.35. The molecule has 0 aromatic rings. The van der Waals surface area contributed by atoms with Crippen LogP contribution < -0.4 is 5.32 Å². The largest absolute Gasteiger partial charge is 0.312 e.